The number of aromatic nitrogens is 1. The van der Waals surface area contributed by atoms with E-state index in [9.17, 15) is 9.59 Å². The normalized spacial score (nSPS) is 11.6. The number of hydrogen-bond acceptors (Lipinski definition) is 8. The molecule has 154 valence electrons. The number of ether oxygens (including phenoxy) is 1. The van der Waals surface area contributed by atoms with Crippen molar-refractivity contribution in [1.82, 2.24) is 10.3 Å². The maximum Gasteiger partial charge on any atom is 0.273 e. The molecule has 0 spiro atoms. The highest BCUT2D eigenvalue weighted by Crippen LogP contribution is 2.37. The van der Waals surface area contributed by atoms with Gasteiger partial charge in [-0.25, -0.2) is 4.98 Å². The summed E-state index contributed by atoms with van der Waals surface area (Å²) in [5.41, 5.74) is 7.36. The van der Waals surface area contributed by atoms with Crippen LogP contribution in [0, 0.1) is 6.92 Å². The zero-order chi connectivity index (χ0) is 21.2. The van der Waals surface area contributed by atoms with Crippen molar-refractivity contribution in [2.45, 2.75) is 23.0 Å². The lowest BCUT2D eigenvalue weighted by Gasteiger charge is -2.09. The zero-order valence-corrected chi connectivity index (χ0v) is 18.2. The highest BCUT2D eigenvalue weighted by Gasteiger charge is 2.12. The molecule has 7 nitrogen and oxygen atoms in total. The van der Waals surface area contributed by atoms with E-state index in [0.717, 1.165) is 27.5 Å². The zero-order valence-electron chi connectivity index (χ0n) is 16.5. The minimum absolute atomic E-state index is 0.101. The highest BCUT2D eigenvalue weighted by molar-refractivity contribution is 8.01. The first-order chi connectivity index (χ1) is 14.0. The molecule has 2 aromatic rings. The van der Waals surface area contributed by atoms with Crippen molar-refractivity contribution in [3.05, 3.63) is 53.4 Å². The number of allylic oxidation sites excluding steroid dienone is 2. The molecule has 29 heavy (non-hydrogen) atoms. The first-order valence-electron chi connectivity index (χ1n) is 8.90. The van der Waals surface area contributed by atoms with Crippen LogP contribution in [0.15, 0.2) is 51.4 Å². The second kappa shape index (κ2) is 11.4. The van der Waals surface area contributed by atoms with Crippen LogP contribution in [0.25, 0.3) is 0 Å². The number of thiazole rings is 1. The fourth-order valence-corrected chi connectivity index (χ4v) is 4.19. The van der Waals surface area contributed by atoms with Gasteiger partial charge in [0.15, 0.2) is 11.4 Å². The predicted molar refractivity (Wildman–Crippen MR) is 118 cm³/mol. The van der Waals surface area contributed by atoms with Crippen molar-refractivity contribution in [2.24, 2.45) is 5.73 Å². The molecule has 1 aromatic heterocycles. The number of methoxy groups -OCH3 is 1. The van der Waals surface area contributed by atoms with Crippen LogP contribution < -0.4 is 21.1 Å². The average Bonchev–Trinajstić information content (AvgIpc) is 3.15. The van der Waals surface area contributed by atoms with Gasteiger partial charge >= 0.3 is 0 Å². The Kier molecular flexibility index (Phi) is 8.91. The van der Waals surface area contributed by atoms with E-state index in [4.69, 9.17) is 10.5 Å². The molecule has 2 rings (SSSR count). The Bertz CT molecular complexity index is 922. The van der Waals surface area contributed by atoms with Gasteiger partial charge in [-0.1, -0.05) is 42.2 Å². The van der Waals surface area contributed by atoms with E-state index in [1.165, 1.54) is 30.2 Å². The second-order valence-corrected chi connectivity index (χ2v) is 8.25. The van der Waals surface area contributed by atoms with Crippen molar-refractivity contribution in [3.63, 3.8) is 0 Å². The van der Waals surface area contributed by atoms with Crippen molar-refractivity contribution >= 4 is 40.4 Å². The number of aldehydes is 1. The Balaban J connectivity index is 2.02. The first-order valence-corrected chi connectivity index (χ1v) is 10.5. The molecule has 0 aliphatic carbocycles. The van der Waals surface area contributed by atoms with E-state index in [2.05, 4.69) is 15.6 Å². The van der Waals surface area contributed by atoms with Gasteiger partial charge in [0, 0.05) is 11.4 Å². The predicted octanol–water partition coefficient (Wildman–Crippen LogP) is 3.37. The molecule has 0 saturated carbocycles. The molecule has 1 heterocycles. The standard InChI is InChI=1S/C20H24N4O3S2/c1-4-22-8-6-5-7-15(21)19(26)24-20-23-11-18(29-20)28-17-10-14(12-25)16(27-3)9-13(17)2/h5-7,9-12,22H,4,8,21H2,1-3H3,(H,23,24,26)/b6-5+,15-7-. The van der Waals surface area contributed by atoms with Gasteiger partial charge in [-0.3, -0.25) is 14.9 Å². The van der Waals surface area contributed by atoms with E-state index in [-0.39, 0.29) is 5.70 Å². The lowest BCUT2D eigenvalue weighted by Crippen LogP contribution is -2.19. The van der Waals surface area contributed by atoms with Crippen LogP contribution in [0.5, 0.6) is 5.75 Å². The molecular formula is C20H24N4O3S2. The number of benzene rings is 1. The third-order valence-corrected chi connectivity index (χ3v) is 5.93. The number of rotatable bonds is 10. The molecule has 4 N–H and O–H groups in total. The smallest absolute Gasteiger partial charge is 0.273 e. The number of carbonyl (C=O) groups excluding carboxylic acids is 2. The van der Waals surface area contributed by atoms with Crippen LogP contribution in [0.3, 0.4) is 0 Å². The van der Waals surface area contributed by atoms with Crippen molar-refractivity contribution < 1.29 is 14.3 Å². The summed E-state index contributed by atoms with van der Waals surface area (Å²) in [6, 6.07) is 3.61. The minimum Gasteiger partial charge on any atom is -0.496 e. The van der Waals surface area contributed by atoms with E-state index in [0.29, 0.717) is 23.0 Å². The molecule has 1 amide bonds. The maximum absolute atomic E-state index is 12.2. The minimum atomic E-state index is -0.409. The number of anilines is 1. The SMILES string of the molecule is CCNC/C=C/C=C(\N)C(=O)Nc1ncc(Sc2cc(C=O)c(OC)cc2C)s1. The summed E-state index contributed by atoms with van der Waals surface area (Å²) >= 11 is 2.80. The van der Waals surface area contributed by atoms with Gasteiger partial charge in [-0.05, 0) is 37.2 Å². The summed E-state index contributed by atoms with van der Waals surface area (Å²) in [6.07, 6.45) is 7.61. The molecule has 0 aliphatic heterocycles. The number of nitrogens with one attached hydrogen (secondary N) is 2. The summed E-state index contributed by atoms with van der Waals surface area (Å²) in [7, 11) is 1.53. The number of nitrogens with two attached hydrogens (primary N) is 1. The van der Waals surface area contributed by atoms with E-state index in [1.807, 2.05) is 26.0 Å². The first kappa shape index (κ1) is 22.7. The Morgan fingerprint density at radius 3 is 2.90 bits per heavy atom. The second-order valence-electron chi connectivity index (χ2n) is 5.88. The molecule has 0 aliphatic rings. The van der Waals surface area contributed by atoms with E-state index < -0.39 is 5.91 Å². The lowest BCUT2D eigenvalue weighted by atomic mass is 10.1. The van der Waals surface area contributed by atoms with Gasteiger partial charge in [-0.2, -0.15) is 0 Å². The van der Waals surface area contributed by atoms with Crippen LogP contribution >= 0.6 is 23.1 Å². The quantitative estimate of drug-likeness (QED) is 0.229. The Hall–Kier alpha value is -2.62. The van der Waals surface area contributed by atoms with Gasteiger partial charge in [-0.15, -0.1) is 0 Å². The van der Waals surface area contributed by atoms with E-state index >= 15 is 0 Å². The summed E-state index contributed by atoms with van der Waals surface area (Å²) in [5, 5.41) is 6.28. The number of carbonyl (C=O) groups is 2. The van der Waals surface area contributed by atoms with Crippen LogP contribution in [0.1, 0.15) is 22.8 Å². The van der Waals surface area contributed by atoms with Crippen molar-refractivity contribution in [1.29, 1.82) is 0 Å². The molecule has 0 saturated heterocycles. The molecule has 0 unspecified atom stereocenters. The molecule has 9 heteroatoms. The Morgan fingerprint density at radius 2 is 2.21 bits per heavy atom. The highest BCUT2D eigenvalue weighted by atomic mass is 32.2. The number of amides is 1. The number of hydrogen-bond donors (Lipinski definition) is 3. The number of aryl methyl sites for hydroxylation is 1. The fourth-order valence-electron chi connectivity index (χ4n) is 2.24. The Morgan fingerprint density at radius 1 is 1.41 bits per heavy atom. The van der Waals surface area contributed by atoms with Gasteiger partial charge in [0.25, 0.3) is 5.91 Å². The molecule has 0 radical (unpaired) electrons. The summed E-state index contributed by atoms with van der Waals surface area (Å²) in [6.45, 7) is 5.55. The van der Waals surface area contributed by atoms with Gasteiger partial charge in [0.1, 0.15) is 5.75 Å². The largest absolute Gasteiger partial charge is 0.496 e. The van der Waals surface area contributed by atoms with Crippen molar-refractivity contribution in [2.75, 3.05) is 25.5 Å². The van der Waals surface area contributed by atoms with Crippen LogP contribution in [0.2, 0.25) is 0 Å². The van der Waals surface area contributed by atoms with Crippen LogP contribution in [-0.2, 0) is 4.79 Å². The fraction of sp³-hybridized carbons (Fsp3) is 0.250. The van der Waals surface area contributed by atoms with E-state index in [1.54, 1.807) is 24.4 Å². The third kappa shape index (κ3) is 6.74. The maximum atomic E-state index is 12.2. The van der Waals surface area contributed by atoms with Gasteiger partial charge < -0.3 is 15.8 Å². The molecular weight excluding hydrogens is 408 g/mol. The number of likely N-dealkylation sites (N-methyl/N-ethyl adjacent to an activating group) is 1. The lowest BCUT2D eigenvalue weighted by molar-refractivity contribution is -0.112. The molecule has 0 fully saturated rings. The monoisotopic (exact) mass is 432 g/mol. The average molecular weight is 433 g/mol. The number of nitrogens with zero attached hydrogens (tertiary/aromatic N) is 1. The summed E-state index contributed by atoms with van der Waals surface area (Å²) in [4.78, 5) is 28.5. The molecule has 1 aromatic carbocycles. The van der Waals surface area contributed by atoms with Crippen LogP contribution in [-0.4, -0.2) is 37.4 Å². The third-order valence-electron chi connectivity index (χ3n) is 3.76. The van der Waals surface area contributed by atoms with Gasteiger partial charge in [0.2, 0.25) is 0 Å². The summed E-state index contributed by atoms with van der Waals surface area (Å²) in [5.74, 6) is 0.133. The summed E-state index contributed by atoms with van der Waals surface area (Å²) < 4.78 is 6.09. The molecule has 0 atom stereocenters. The van der Waals surface area contributed by atoms with Crippen molar-refractivity contribution in [3.8, 4) is 5.75 Å². The van der Waals surface area contributed by atoms with Crippen LogP contribution in [0.4, 0.5) is 5.13 Å². The topological polar surface area (TPSA) is 106 Å². The molecule has 0 bridgehead atoms. The Labute approximate surface area is 178 Å². The van der Waals surface area contributed by atoms with Gasteiger partial charge in [0.05, 0.1) is 28.8 Å².